The van der Waals surface area contributed by atoms with E-state index >= 15 is 0 Å². The maximum absolute atomic E-state index is 12.8. The van der Waals surface area contributed by atoms with E-state index in [0.29, 0.717) is 23.0 Å². The molecule has 1 aromatic carbocycles. The Hall–Kier alpha value is -0.930. The second-order valence-corrected chi connectivity index (χ2v) is 4.84. The van der Waals surface area contributed by atoms with Gasteiger partial charge in [-0.05, 0) is 30.5 Å². The van der Waals surface area contributed by atoms with Crippen molar-refractivity contribution in [3.63, 3.8) is 0 Å². The van der Waals surface area contributed by atoms with E-state index < -0.39 is 0 Å². The molecular weight excluding hydrogens is 241 g/mol. The smallest absolute Gasteiger partial charge is 0.138 e. The van der Waals surface area contributed by atoms with Gasteiger partial charge in [0.05, 0.1) is 0 Å². The Balaban J connectivity index is 1.79. The van der Waals surface area contributed by atoms with Gasteiger partial charge in [0, 0.05) is 30.5 Å². The minimum atomic E-state index is -0.374. The van der Waals surface area contributed by atoms with Gasteiger partial charge in [0.15, 0.2) is 0 Å². The lowest BCUT2D eigenvalue weighted by molar-refractivity contribution is -0.118. The van der Waals surface area contributed by atoms with Crippen molar-refractivity contribution in [3.05, 3.63) is 34.6 Å². The van der Waals surface area contributed by atoms with Gasteiger partial charge in [-0.1, -0.05) is 17.7 Å². The molecule has 0 aliphatic heterocycles. The zero-order chi connectivity index (χ0) is 12.3. The Morgan fingerprint density at radius 2 is 2.24 bits per heavy atom. The third-order valence-electron chi connectivity index (χ3n) is 2.82. The molecule has 0 bridgehead atoms. The first-order chi connectivity index (χ1) is 8.15. The number of rotatable bonds is 6. The molecule has 17 heavy (non-hydrogen) atoms. The third kappa shape index (κ3) is 4.10. The number of hydrogen-bond acceptors (Lipinski definition) is 2. The molecule has 0 radical (unpaired) electrons. The van der Waals surface area contributed by atoms with Crippen molar-refractivity contribution in [2.24, 2.45) is 0 Å². The number of carbonyl (C=O) groups excluding carboxylic acids is 1. The number of nitrogens with one attached hydrogen (secondary N) is 1. The first-order valence-corrected chi connectivity index (χ1v) is 6.22. The third-order valence-corrected chi connectivity index (χ3v) is 3.17. The van der Waals surface area contributed by atoms with E-state index in [1.54, 1.807) is 6.07 Å². The van der Waals surface area contributed by atoms with Crippen LogP contribution in [0.1, 0.15) is 24.8 Å². The number of hydrogen-bond donors (Lipinski definition) is 1. The van der Waals surface area contributed by atoms with E-state index in [9.17, 15) is 9.18 Å². The van der Waals surface area contributed by atoms with Crippen LogP contribution in [0.3, 0.4) is 0 Å². The van der Waals surface area contributed by atoms with Crippen LogP contribution in [0.5, 0.6) is 0 Å². The average molecular weight is 256 g/mol. The van der Waals surface area contributed by atoms with Crippen molar-refractivity contribution in [2.75, 3.05) is 6.54 Å². The molecule has 1 aromatic rings. The maximum Gasteiger partial charge on any atom is 0.138 e. The van der Waals surface area contributed by atoms with Crippen LogP contribution in [0.15, 0.2) is 18.2 Å². The molecule has 2 rings (SSSR count). The van der Waals surface area contributed by atoms with Gasteiger partial charge in [-0.3, -0.25) is 4.79 Å². The number of halogens is 2. The minimum absolute atomic E-state index is 0.131. The van der Waals surface area contributed by atoms with E-state index in [4.69, 9.17) is 11.6 Å². The fourth-order valence-electron chi connectivity index (χ4n) is 1.67. The van der Waals surface area contributed by atoms with E-state index in [0.717, 1.165) is 6.54 Å². The van der Waals surface area contributed by atoms with Crippen LogP contribution in [-0.2, 0) is 11.2 Å². The molecule has 1 aliphatic rings. The lowest BCUT2D eigenvalue weighted by Crippen LogP contribution is -2.20. The fraction of sp³-hybridized carbons (Fsp3) is 0.462. The first kappa shape index (κ1) is 12.5. The van der Waals surface area contributed by atoms with Gasteiger partial charge in [-0.15, -0.1) is 0 Å². The number of Topliss-reactive ketones (excluding diaryl/α,β-unsaturated/α-hetero) is 1. The molecule has 1 fully saturated rings. The molecule has 0 heterocycles. The molecule has 2 nitrogen and oxygen atoms in total. The summed E-state index contributed by atoms with van der Waals surface area (Å²) < 4.78 is 12.8. The molecule has 1 N–H and O–H groups in total. The summed E-state index contributed by atoms with van der Waals surface area (Å²) in [6.45, 7) is 0.725. The first-order valence-electron chi connectivity index (χ1n) is 5.84. The summed E-state index contributed by atoms with van der Waals surface area (Å²) in [5.41, 5.74) is 0.699. The van der Waals surface area contributed by atoms with E-state index in [1.807, 2.05) is 0 Å². The van der Waals surface area contributed by atoms with E-state index in [1.165, 1.54) is 25.0 Å². The number of carbonyl (C=O) groups is 1. The van der Waals surface area contributed by atoms with Gasteiger partial charge in [0.1, 0.15) is 11.6 Å². The molecule has 0 amide bonds. The number of ketones is 1. The van der Waals surface area contributed by atoms with Crippen molar-refractivity contribution < 1.29 is 9.18 Å². The molecular formula is C13H15ClFNO. The monoisotopic (exact) mass is 255 g/mol. The van der Waals surface area contributed by atoms with Crippen molar-refractivity contribution in [1.29, 1.82) is 0 Å². The maximum atomic E-state index is 12.8. The topological polar surface area (TPSA) is 29.1 Å². The molecule has 0 spiro atoms. The highest BCUT2D eigenvalue weighted by Crippen LogP contribution is 2.19. The Morgan fingerprint density at radius 3 is 2.88 bits per heavy atom. The van der Waals surface area contributed by atoms with Crippen LogP contribution in [-0.4, -0.2) is 18.4 Å². The van der Waals surface area contributed by atoms with Crippen molar-refractivity contribution >= 4 is 17.4 Å². The molecule has 0 aromatic heterocycles. The Bertz CT molecular complexity index is 418. The normalized spacial score (nSPS) is 14.9. The Morgan fingerprint density at radius 1 is 1.47 bits per heavy atom. The van der Waals surface area contributed by atoms with Gasteiger partial charge in [-0.2, -0.15) is 0 Å². The highest BCUT2D eigenvalue weighted by atomic mass is 35.5. The summed E-state index contributed by atoms with van der Waals surface area (Å²) >= 11 is 5.86. The zero-order valence-electron chi connectivity index (χ0n) is 9.51. The van der Waals surface area contributed by atoms with Crippen LogP contribution in [0, 0.1) is 5.82 Å². The van der Waals surface area contributed by atoms with Crippen LogP contribution in [0.2, 0.25) is 5.02 Å². The molecule has 0 saturated heterocycles. The standard InChI is InChI=1S/C13H15ClFNO/c14-13-8-10(15)2-1-9(13)7-12(17)5-6-16-11-3-4-11/h1-2,8,11,16H,3-7H2. The van der Waals surface area contributed by atoms with Crippen LogP contribution < -0.4 is 5.32 Å². The SMILES string of the molecule is O=C(CCNC1CC1)Cc1ccc(F)cc1Cl. The summed E-state index contributed by atoms with van der Waals surface area (Å²) in [7, 11) is 0. The Kier molecular flexibility index (Phi) is 4.13. The predicted molar refractivity (Wildman–Crippen MR) is 65.8 cm³/mol. The second-order valence-electron chi connectivity index (χ2n) is 4.43. The fourth-order valence-corrected chi connectivity index (χ4v) is 1.90. The lowest BCUT2D eigenvalue weighted by Gasteiger charge is -2.04. The lowest BCUT2D eigenvalue weighted by atomic mass is 10.1. The second kappa shape index (κ2) is 5.61. The summed E-state index contributed by atoms with van der Waals surface area (Å²) in [5.74, 6) is -0.242. The van der Waals surface area contributed by atoms with Crippen LogP contribution in [0.4, 0.5) is 4.39 Å². The predicted octanol–water partition coefficient (Wildman–Crippen LogP) is 2.73. The largest absolute Gasteiger partial charge is 0.314 e. The summed E-state index contributed by atoms with van der Waals surface area (Å²) in [5, 5.41) is 3.61. The molecule has 1 aliphatic carbocycles. The van der Waals surface area contributed by atoms with Gasteiger partial charge < -0.3 is 5.32 Å². The summed E-state index contributed by atoms with van der Waals surface area (Å²) in [6.07, 6.45) is 3.23. The van der Waals surface area contributed by atoms with Crippen molar-refractivity contribution in [2.45, 2.75) is 31.7 Å². The number of benzene rings is 1. The summed E-state index contributed by atoms with van der Waals surface area (Å²) in [6, 6.07) is 4.77. The van der Waals surface area contributed by atoms with Gasteiger partial charge in [0.25, 0.3) is 0 Å². The van der Waals surface area contributed by atoms with Crippen LogP contribution in [0.25, 0.3) is 0 Å². The van der Waals surface area contributed by atoms with Gasteiger partial charge >= 0.3 is 0 Å². The summed E-state index contributed by atoms with van der Waals surface area (Å²) in [4.78, 5) is 11.7. The van der Waals surface area contributed by atoms with Crippen molar-refractivity contribution in [3.8, 4) is 0 Å². The molecule has 0 atom stereocenters. The van der Waals surface area contributed by atoms with Gasteiger partial charge in [-0.25, -0.2) is 4.39 Å². The average Bonchev–Trinajstić information content (AvgIpc) is 3.06. The highest BCUT2D eigenvalue weighted by Gasteiger charge is 2.20. The van der Waals surface area contributed by atoms with Crippen molar-refractivity contribution in [1.82, 2.24) is 5.32 Å². The zero-order valence-corrected chi connectivity index (χ0v) is 10.3. The molecule has 0 unspecified atom stereocenters. The quantitative estimate of drug-likeness (QED) is 0.847. The van der Waals surface area contributed by atoms with E-state index in [-0.39, 0.29) is 18.0 Å². The Labute approximate surface area is 105 Å². The molecule has 1 saturated carbocycles. The van der Waals surface area contributed by atoms with Crippen LogP contribution >= 0.6 is 11.6 Å². The molecule has 4 heteroatoms. The van der Waals surface area contributed by atoms with E-state index in [2.05, 4.69) is 5.32 Å². The minimum Gasteiger partial charge on any atom is -0.314 e. The van der Waals surface area contributed by atoms with Gasteiger partial charge in [0.2, 0.25) is 0 Å². The highest BCUT2D eigenvalue weighted by molar-refractivity contribution is 6.31. The molecule has 92 valence electrons.